The second-order valence-corrected chi connectivity index (χ2v) is 20.2. The van der Waals surface area contributed by atoms with E-state index in [0.29, 0.717) is 0 Å². The number of rotatable bonds is 7. The number of fused-ring (bicyclic) bond motifs is 13. The van der Waals surface area contributed by atoms with Gasteiger partial charge in [-0.05, 0) is 152 Å². The van der Waals surface area contributed by atoms with E-state index < -0.39 is 5.41 Å². The lowest BCUT2D eigenvalue weighted by molar-refractivity contribution is 0.722. The molecule has 0 radical (unpaired) electrons. The first kappa shape index (κ1) is 40.0. The van der Waals surface area contributed by atoms with Crippen molar-refractivity contribution in [1.29, 1.82) is 0 Å². The lowest BCUT2D eigenvalue weighted by Gasteiger charge is -2.39. The number of anilines is 6. The first-order chi connectivity index (χ1) is 34.2. The third kappa shape index (κ3) is 6.33. The van der Waals surface area contributed by atoms with Gasteiger partial charge in [0.2, 0.25) is 0 Å². The number of benzene rings is 11. The molecule has 1 aromatic heterocycles. The molecule has 0 unspecified atom stereocenters. The summed E-state index contributed by atoms with van der Waals surface area (Å²) in [5.41, 5.74) is 16.6. The van der Waals surface area contributed by atoms with Crippen molar-refractivity contribution in [1.82, 2.24) is 0 Å². The first-order valence-electron chi connectivity index (χ1n) is 23.6. The number of nitrogens with zero attached hydrogens (tertiary/aromatic N) is 2. The third-order valence-electron chi connectivity index (χ3n) is 14.3. The molecule has 1 aliphatic carbocycles. The third-order valence-corrected chi connectivity index (χ3v) is 16.6. The molecule has 0 atom stereocenters. The number of hydrogen-bond acceptors (Lipinski definition) is 4. The zero-order valence-electron chi connectivity index (χ0n) is 37.5. The lowest BCUT2D eigenvalue weighted by atomic mass is 9.67. The van der Waals surface area contributed by atoms with E-state index in [2.05, 4.69) is 265 Å². The van der Waals surface area contributed by atoms with Crippen LogP contribution in [0.4, 0.5) is 34.1 Å². The van der Waals surface area contributed by atoms with Gasteiger partial charge in [0.15, 0.2) is 0 Å². The monoisotopic (exact) mass is 914 g/mol. The molecule has 324 valence electrons. The Morgan fingerprint density at radius 1 is 0.290 bits per heavy atom. The van der Waals surface area contributed by atoms with E-state index in [4.69, 9.17) is 0 Å². The van der Waals surface area contributed by atoms with E-state index >= 15 is 0 Å². The van der Waals surface area contributed by atoms with Gasteiger partial charge in [0.05, 0.1) is 5.41 Å². The molecule has 12 aromatic rings. The Balaban J connectivity index is 0.908. The van der Waals surface area contributed by atoms with Crippen LogP contribution in [-0.4, -0.2) is 0 Å². The molecule has 1 aliphatic heterocycles. The van der Waals surface area contributed by atoms with E-state index in [1.54, 1.807) is 0 Å². The maximum Gasteiger partial charge on any atom is 0.0735 e. The Hall–Kier alpha value is -8.15. The van der Waals surface area contributed by atoms with Crippen molar-refractivity contribution >= 4 is 88.2 Å². The summed E-state index contributed by atoms with van der Waals surface area (Å²) in [4.78, 5) is 7.39. The van der Waals surface area contributed by atoms with Crippen LogP contribution in [0.3, 0.4) is 0 Å². The summed E-state index contributed by atoms with van der Waals surface area (Å²) in [5.74, 6) is 0. The summed E-state index contributed by atoms with van der Waals surface area (Å²) in [6, 6.07) is 94.1. The van der Waals surface area contributed by atoms with E-state index in [0.717, 1.165) is 34.1 Å². The first-order valence-corrected chi connectivity index (χ1v) is 25.2. The van der Waals surface area contributed by atoms with Gasteiger partial charge in [-0.2, -0.15) is 0 Å². The fourth-order valence-electron chi connectivity index (χ4n) is 11.2. The molecule has 1 spiro atoms. The van der Waals surface area contributed by atoms with Gasteiger partial charge in [0.25, 0.3) is 0 Å². The molecule has 2 nitrogen and oxygen atoms in total. The van der Waals surface area contributed by atoms with Gasteiger partial charge in [-0.1, -0.05) is 169 Å². The summed E-state index contributed by atoms with van der Waals surface area (Å²) in [5, 5.41) is 5.14. The van der Waals surface area contributed by atoms with Gasteiger partial charge in [-0.25, -0.2) is 0 Å². The van der Waals surface area contributed by atoms with Crippen LogP contribution >= 0.6 is 23.1 Å². The molecule has 0 saturated carbocycles. The highest BCUT2D eigenvalue weighted by Crippen LogP contribution is 2.62. The minimum atomic E-state index is -0.427. The average Bonchev–Trinajstić information content (AvgIpc) is 3.91. The van der Waals surface area contributed by atoms with Crippen molar-refractivity contribution in [3.8, 4) is 22.3 Å². The van der Waals surface area contributed by atoms with Crippen LogP contribution in [0.5, 0.6) is 0 Å². The van der Waals surface area contributed by atoms with Crippen molar-refractivity contribution in [2.24, 2.45) is 0 Å². The Bertz CT molecular complexity index is 3850. The van der Waals surface area contributed by atoms with E-state index in [9.17, 15) is 0 Å². The molecule has 0 amide bonds. The Morgan fingerprint density at radius 3 is 1.38 bits per heavy atom. The number of thiophene rings is 1. The zero-order valence-corrected chi connectivity index (χ0v) is 39.1. The van der Waals surface area contributed by atoms with Gasteiger partial charge in [0, 0.05) is 64.1 Å². The summed E-state index contributed by atoms with van der Waals surface area (Å²) < 4.78 is 2.59. The predicted octanol–water partition coefficient (Wildman–Crippen LogP) is 18.6. The topological polar surface area (TPSA) is 6.48 Å². The molecule has 0 fully saturated rings. The van der Waals surface area contributed by atoms with Gasteiger partial charge < -0.3 is 9.80 Å². The van der Waals surface area contributed by atoms with Crippen LogP contribution < -0.4 is 9.80 Å². The molecule has 2 heterocycles. The molecule has 0 saturated heterocycles. The van der Waals surface area contributed by atoms with Gasteiger partial charge in [-0.15, -0.1) is 11.3 Å². The maximum atomic E-state index is 2.46. The second kappa shape index (κ2) is 16.0. The molecule has 11 aromatic carbocycles. The maximum absolute atomic E-state index is 2.46. The molecular formula is C65H42N2S2. The Labute approximate surface area is 410 Å². The fourth-order valence-corrected chi connectivity index (χ4v) is 13.6. The second-order valence-electron chi connectivity index (χ2n) is 18.0. The van der Waals surface area contributed by atoms with Gasteiger partial charge >= 0.3 is 0 Å². The highest BCUT2D eigenvalue weighted by Gasteiger charge is 2.50. The standard InChI is InChI=1S/C65H42N2S2/c1-3-17-47(18-4-1)66(48-19-5-2-6-20-48)49-31-27-43(28-32-49)44-29-33-50(34-30-44)67(52-35-37-54-56-39-45-15-7-8-16-46(45)40-63(56)69-64(54)42-52)51-36-38-58-55(41-51)53-21-9-10-22-57(53)65(58)59-23-11-13-25-61(59)68-62-26-14-12-24-60(62)65/h1-42H. The minimum absolute atomic E-state index is 0.427. The van der Waals surface area contributed by atoms with E-state index in [-0.39, 0.29) is 0 Å². The van der Waals surface area contributed by atoms with E-state index in [1.807, 2.05) is 23.1 Å². The van der Waals surface area contributed by atoms with Crippen molar-refractivity contribution < 1.29 is 0 Å². The fraction of sp³-hybridized carbons (Fsp3) is 0.0154. The lowest BCUT2D eigenvalue weighted by Crippen LogP contribution is -2.31. The average molecular weight is 915 g/mol. The molecule has 0 N–H and O–H groups in total. The molecule has 14 rings (SSSR count). The number of hydrogen-bond donors (Lipinski definition) is 0. The van der Waals surface area contributed by atoms with Crippen molar-refractivity contribution in [2.75, 3.05) is 9.80 Å². The van der Waals surface area contributed by atoms with Crippen molar-refractivity contribution in [2.45, 2.75) is 15.2 Å². The SMILES string of the molecule is c1ccc(N(c2ccccc2)c2ccc(-c3ccc(N(c4ccc5c(c4)-c4ccccc4C54c5ccccc5Sc5ccccc54)c4ccc5c(c4)sc4cc6ccccc6cc45)cc3)cc2)cc1. The highest BCUT2D eigenvalue weighted by molar-refractivity contribution is 7.99. The molecule has 69 heavy (non-hydrogen) atoms. The van der Waals surface area contributed by atoms with Crippen LogP contribution in [-0.2, 0) is 5.41 Å². The van der Waals surface area contributed by atoms with Crippen molar-refractivity contribution in [3.63, 3.8) is 0 Å². The minimum Gasteiger partial charge on any atom is -0.311 e. The largest absolute Gasteiger partial charge is 0.311 e. The molecule has 0 bridgehead atoms. The summed E-state index contributed by atoms with van der Waals surface area (Å²) in [6.45, 7) is 0. The smallest absolute Gasteiger partial charge is 0.0735 e. The van der Waals surface area contributed by atoms with Gasteiger partial charge in [0.1, 0.15) is 0 Å². The Morgan fingerprint density at radius 2 is 0.739 bits per heavy atom. The quantitative estimate of drug-likeness (QED) is 0.157. The number of para-hydroxylation sites is 2. The van der Waals surface area contributed by atoms with Crippen LogP contribution in [0.2, 0.25) is 0 Å². The summed E-state index contributed by atoms with van der Waals surface area (Å²) in [7, 11) is 0. The van der Waals surface area contributed by atoms with Crippen LogP contribution in [0.1, 0.15) is 22.3 Å². The summed E-state index contributed by atoms with van der Waals surface area (Å²) >= 11 is 3.77. The van der Waals surface area contributed by atoms with Crippen LogP contribution in [0, 0.1) is 0 Å². The molecule has 2 aliphatic rings. The normalized spacial score (nSPS) is 13.0. The molecular weight excluding hydrogens is 873 g/mol. The zero-order chi connectivity index (χ0) is 45.5. The van der Waals surface area contributed by atoms with Crippen LogP contribution in [0.25, 0.3) is 53.2 Å². The molecule has 4 heteroatoms. The highest BCUT2D eigenvalue weighted by atomic mass is 32.2. The Kier molecular flexibility index (Phi) is 9.26. The van der Waals surface area contributed by atoms with E-state index in [1.165, 1.54) is 85.2 Å². The predicted molar refractivity (Wildman–Crippen MR) is 293 cm³/mol. The summed E-state index contributed by atoms with van der Waals surface area (Å²) in [6.07, 6.45) is 0. The van der Waals surface area contributed by atoms with Crippen LogP contribution in [0.15, 0.2) is 265 Å². The van der Waals surface area contributed by atoms with Crippen molar-refractivity contribution in [3.05, 3.63) is 277 Å². The van der Waals surface area contributed by atoms with Gasteiger partial charge in [-0.3, -0.25) is 0 Å².